The standard InChI is InChI=1S/C16H11BrFNOS/c17-13-4-7-15-12(9-13)3-8-16(19-15)21(20)10-11-1-5-14(18)6-2-11/h1-9H,10H2. The van der Waals surface area contributed by atoms with Gasteiger partial charge < -0.3 is 0 Å². The highest BCUT2D eigenvalue weighted by Gasteiger charge is 2.08. The van der Waals surface area contributed by atoms with Crippen molar-refractivity contribution in [3.05, 3.63) is 70.5 Å². The molecule has 0 bridgehead atoms. The first-order valence-electron chi connectivity index (χ1n) is 6.31. The maximum atomic E-state index is 12.9. The fourth-order valence-corrected chi connectivity index (χ4v) is 3.45. The number of fused-ring (bicyclic) bond motifs is 1. The summed E-state index contributed by atoms with van der Waals surface area (Å²) in [5.41, 5.74) is 1.63. The molecule has 1 atom stereocenters. The first-order chi connectivity index (χ1) is 10.1. The zero-order chi connectivity index (χ0) is 14.8. The van der Waals surface area contributed by atoms with Crippen molar-refractivity contribution in [2.45, 2.75) is 10.8 Å². The molecule has 0 spiro atoms. The largest absolute Gasteiger partial charge is 0.252 e. The molecule has 5 heteroatoms. The van der Waals surface area contributed by atoms with E-state index in [1.165, 1.54) is 12.1 Å². The summed E-state index contributed by atoms with van der Waals surface area (Å²) in [6, 6.07) is 15.5. The lowest BCUT2D eigenvalue weighted by atomic mass is 10.2. The van der Waals surface area contributed by atoms with Crippen LogP contribution in [0.4, 0.5) is 4.39 Å². The second-order valence-electron chi connectivity index (χ2n) is 4.60. The van der Waals surface area contributed by atoms with Gasteiger partial charge in [-0.3, -0.25) is 4.21 Å². The Balaban J connectivity index is 1.87. The fourth-order valence-electron chi connectivity index (χ4n) is 2.01. The van der Waals surface area contributed by atoms with Gasteiger partial charge in [0.05, 0.1) is 22.1 Å². The van der Waals surface area contributed by atoms with Crippen molar-refractivity contribution in [2.24, 2.45) is 0 Å². The Bertz CT molecular complexity index is 820. The minimum Gasteiger partial charge on any atom is -0.252 e. The van der Waals surface area contributed by atoms with Crippen molar-refractivity contribution in [3.8, 4) is 0 Å². The van der Waals surface area contributed by atoms with Gasteiger partial charge in [-0.2, -0.15) is 0 Å². The summed E-state index contributed by atoms with van der Waals surface area (Å²) < 4.78 is 26.2. The molecule has 1 heterocycles. The Morgan fingerprint density at radius 3 is 2.57 bits per heavy atom. The molecule has 1 aromatic heterocycles. The second-order valence-corrected chi connectivity index (χ2v) is 6.92. The van der Waals surface area contributed by atoms with Gasteiger partial charge in [-0.15, -0.1) is 0 Å². The van der Waals surface area contributed by atoms with Gasteiger partial charge in [0.2, 0.25) is 0 Å². The van der Waals surface area contributed by atoms with E-state index >= 15 is 0 Å². The number of hydrogen-bond acceptors (Lipinski definition) is 2. The molecule has 0 saturated heterocycles. The molecular weight excluding hydrogens is 353 g/mol. The predicted octanol–water partition coefficient (Wildman–Crippen LogP) is 4.44. The number of benzene rings is 2. The molecule has 106 valence electrons. The molecule has 0 fully saturated rings. The number of halogens is 2. The minimum absolute atomic E-state index is 0.293. The number of aromatic nitrogens is 1. The molecule has 0 N–H and O–H groups in total. The van der Waals surface area contributed by atoms with E-state index in [1.54, 1.807) is 18.2 Å². The number of rotatable bonds is 3. The van der Waals surface area contributed by atoms with Crippen LogP contribution in [-0.2, 0) is 16.6 Å². The average Bonchev–Trinajstić information content (AvgIpc) is 2.49. The molecule has 21 heavy (non-hydrogen) atoms. The monoisotopic (exact) mass is 363 g/mol. The van der Waals surface area contributed by atoms with E-state index in [0.717, 1.165) is 20.9 Å². The lowest BCUT2D eigenvalue weighted by Gasteiger charge is -2.04. The molecule has 0 aliphatic rings. The van der Waals surface area contributed by atoms with Crippen LogP contribution < -0.4 is 0 Å². The summed E-state index contributed by atoms with van der Waals surface area (Å²) in [6.07, 6.45) is 0. The Kier molecular flexibility index (Phi) is 4.12. The first-order valence-corrected chi connectivity index (χ1v) is 8.42. The third kappa shape index (κ3) is 3.36. The summed E-state index contributed by atoms with van der Waals surface area (Å²) >= 11 is 3.41. The maximum Gasteiger partial charge on any atom is 0.128 e. The lowest BCUT2D eigenvalue weighted by Crippen LogP contribution is -1.99. The average molecular weight is 364 g/mol. The molecule has 1 unspecified atom stereocenters. The van der Waals surface area contributed by atoms with Crippen LogP contribution in [0.2, 0.25) is 0 Å². The van der Waals surface area contributed by atoms with Crippen molar-refractivity contribution in [1.29, 1.82) is 0 Å². The molecule has 2 aromatic carbocycles. The highest BCUT2D eigenvalue weighted by Crippen LogP contribution is 2.20. The summed E-state index contributed by atoms with van der Waals surface area (Å²) in [4.78, 5) is 4.43. The summed E-state index contributed by atoms with van der Waals surface area (Å²) in [6.45, 7) is 0. The Labute approximate surface area is 132 Å². The van der Waals surface area contributed by atoms with Gasteiger partial charge in [-0.05, 0) is 42.0 Å². The van der Waals surface area contributed by atoms with E-state index in [1.807, 2.05) is 24.3 Å². The highest BCUT2D eigenvalue weighted by molar-refractivity contribution is 9.10. The van der Waals surface area contributed by atoms with Crippen molar-refractivity contribution in [1.82, 2.24) is 4.98 Å². The number of nitrogens with zero attached hydrogens (tertiary/aromatic N) is 1. The fraction of sp³-hybridized carbons (Fsp3) is 0.0625. The van der Waals surface area contributed by atoms with E-state index < -0.39 is 10.8 Å². The molecule has 0 aliphatic heterocycles. The smallest absolute Gasteiger partial charge is 0.128 e. The van der Waals surface area contributed by atoms with Crippen LogP contribution >= 0.6 is 15.9 Å². The SMILES string of the molecule is O=S(Cc1ccc(F)cc1)c1ccc2cc(Br)ccc2n1. The van der Waals surface area contributed by atoms with Gasteiger partial charge in [0, 0.05) is 9.86 Å². The molecule has 3 rings (SSSR count). The number of hydrogen-bond donors (Lipinski definition) is 0. The zero-order valence-electron chi connectivity index (χ0n) is 10.9. The van der Waals surface area contributed by atoms with Crippen LogP contribution in [0.3, 0.4) is 0 Å². The van der Waals surface area contributed by atoms with E-state index in [4.69, 9.17) is 0 Å². The molecule has 0 saturated carbocycles. The van der Waals surface area contributed by atoms with Crippen molar-refractivity contribution >= 4 is 37.6 Å². The third-order valence-electron chi connectivity index (χ3n) is 3.07. The molecule has 2 nitrogen and oxygen atoms in total. The van der Waals surface area contributed by atoms with Gasteiger partial charge in [0.25, 0.3) is 0 Å². The second kappa shape index (κ2) is 6.03. The van der Waals surface area contributed by atoms with Crippen LogP contribution in [0.15, 0.2) is 64.1 Å². The molecular formula is C16H11BrFNOS. The zero-order valence-corrected chi connectivity index (χ0v) is 13.3. The summed E-state index contributed by atoms with van der Waals surface area (Å²) in [7, 11) is -1.25. The van der Waals surface area contributed by atoms with E-state index in [-0.39, 0.29) is 5.82 Å². The van der Waals surface area contributed by atoms with Crippen molar-refractivity contribution in [2.75, 3.05) is 0 Å². The normalized spacial score (nSPS) is 12.5. The predicted molar refractivity (Wildman–Crippen MR) is 86.0 cm³/mol. The van der Waals surface area contributed by atoms with E-state index in [9.17, 15) is 8.60 Å². The lowest BCUT2D eigenvalue weighted by molar-refractivity contribution is 0.627. The summed E-state index contributed by atoms with van der Waals surface area (Å²) in [5, 5.41) is 1.53. The number of pyridine rings is 1. The van der Waals surface area contributed by atoms with Gasteiger partial charge in [0.1, 0.15) is 10.8 Å². The van der Waals surface area contributed by atoms with Gasteiger partial charge in [-0.25, -0.2) is 9.37 Å². The molecule has 0 radical (unpaired) electrons. The first kappa shape index (κ1) is 14.4. The highest BCUT2D eigenvalue weighted by atomic mass is 79.9. The topological polar surface area (TPSA) is 30.0 Å². The third-order valence-corrected chi connectivity index (χ3v) is 4.85. The van der Waals surface area contributed by atoms with Crippen LogP contribution in [0.1, 0.15) is 5.56 Å². The van der Waals surface area contributed by atoms with Gasteiger partial charge in [-0.1, -0.05) is 34.1 Å². The van der Waals surface area contributed by atoms with Crippen molar-refractivity contribution < 1.29 is 8.60 Å². The van der Waals surface area contributed by atoms with E-state index in [2.05, 4.69) is 20.9 Å². The Morgan fingerprint density at radius 1 is 1.05 bits per heavy atom. The van der Waals surface area contributed by atoms with E-state index in [0.29, 0.717) is 10.8 Å². The van der Waals surface area contributed by atoms with Crippen LogP contribution in [0, 0.1) is 5.82 Å². The van der Waals surface area contributed by atoms with Crippen LogP contribution in [0.25, 0.3) is 10.9 Å². The van der Waals surface area contributed by atoms with Crippen LogP contribution in [0.5, 0.6) is 0 Å². The molecule has 0 amide bonds. The van der Waals surface area contributed by atoms with Gasteiger partial charge in [0.15, 0.2) is 0 Å². The van der Waals surface area contributed by atoms with Crippen molar-refractivity contribution in [3.63, 3.8) is 0 Å². The molecule has 3 aromatic rings. The Morgan fingerprint density at radius 2 is 1.81 bits per heavy atom. The Hall–Kier alpha value is -1.59. The van der Waals surface area contributed by atoms with Crippen LogP contribution in [-0.4, -0.2) is 9.19 Å². The summed E-state index contributed by atoms with van der Waals surface area (Å²) in [5.74, 6) is 0.0360. The van der Waals surface area contributed by atoms with Gasteiger partial charge >= 0.3 is 0 Å². The minimum atomic E-state index is -1.25. The maximum absolute atomic E-state index is 12.9. The quantitative estimate of drug-likeness (QED) is 0.688. The molecule has 0 aliphatic carbocycles.